The molecule has 0 radical (unpaired) electrons. The van der Waals surface area contributed by atoms with E-state index < -0.39 is 0 Å². The van der Waals surface area contributed by atoms with Crippen LogP contribution in [0, 0.1) is 5.92 Å². The molecule has 2 atom stereocenters. The zero-order valence-electron chi connectivity index (χ0n) is 10.7. The van der Waals surface area contributed by atoms with Crippen LogP contribution in [-0.4, -0.2) is 33.7 Å². The van der Waals surface area contributed by atoms with Crippen molar-refractivity contribution in [1.29, 1.82) is 0 Å². The second kappa shape index (κ2) is 5.48. The zero-order valence-corrected chi connectivity index (χ0v) is 11.6. The van der Waals surface area contributed by atoms with Crippen LogP contribution >= 0.6 is 12.2 Å². The number of hydrogen-bond acceptors (Lipinski definition) is 5. The standard InChI is InChI=1S/C12H17N5OS/c1-7-2-3-8(10(13)18)6-17(7)12-9(11(14)19)4-5-15-16-12/h4-5,7-8H,2-3,6H2,1H3,(H2,13,18)(H2,14,19). The van der Waals surface area contributed by atoms with Crippen molar-refractivity contribution in [1.82, 2.24) is 10.2 Å². The highest BCUT2D eigenvalue weighted by Crippen LogP contribution is 2.28. The topological polar surface area (TPSA) is 98.1 Å². The smallest absolute Gasteiger partial charge is 0.222 e. The van der Waals surface area contributed by atoms with E-state index in [2.05, 4.69) is 17.1 Å². The molecule has 1 aromatic rings. The van der Waals surface area contributed by atoms with Crippen LogP contribution in [0.2, 0.25) is 0 Å². The average molecular weight is 279 g/mol. The van der Waals surface area contributed by atoms with Crippen LogP contribution in [0.4, 0.5) is 5.82 Å². The van der Waals surface area contributed by atoms with Crippen molar-refractivity contribution in [3.05, 3.63) is 17.8 Å². The van der Waals surface area contributed by atoms with E-state index in [1.54, 1.807) is 12.3 Å². The molecule has 1 aliphatic heterocycles. The van der Waals surface area contributed by atoms with E-state index in [9.17, 15) is 4.79 Å². The van der Waals surface area contributed by atoms with Crippen LogP contribution in [-0.2, 0) is 4.79 Å². The van der Waals surface area contributed by atoms with Crippen molar-refractivity contribution in [3.63, 3.8) is 0 Å². The van der Waals surface area contributed by atoms with Crippen LogP contribution in [0.1, 0.15) is 25.3 Å². The highest BCUT2D eigenvalue weighted by atomic mass is 32.1. The largest absolute Gasteiger partial charge is 0.389 e. The molecular weight excluding hydrogens is 262 g/mol. The molecule has 0 aromatic carbocycles. The number of thiocarbonyl (C=S) groups is 1. The molecule has 0 aliphatic carbocycles. The first kappa shape index (κ1) is 13.7. The zero-order chi connectivity index (χ0) is 14.0. The summed E-state index contributed by atoms with van der Waals surface area (Å²) in [5.74, 6) is 0.184. The van der Waals surface area contributed by atoms with Crippen molar-refractivity contribution in [2.75, 3.05) is 11.4 Å². The Labute approximate surface area is 117 Å². The lowest BCUT2D eigenvalue weighted by molar-refractivity contribution is -0.122. The summed E-state index contributed by atoms with van der Waals surface area (Å²) < 4.78 is 0. The molecule has 102 valence electrons. The maximum Gasteiger partial charge on any atom is 0.222 e. The van der Waals surface area contributed by atoms with E-state index in [1.807, 2.05) is 4.90 Å². The lowest BCUT2D eigenvalue weighted by atomic mass is 9.92. The average Bonchev–Trinajstić information content (AvgIpc) is 2.39. The molecule has 2 unspecified atom stereocenters. The lowest BCUT2D eigenvalue weighted by Crippen LogP contribution is -2.47. The molecule has 6 nitrogen and oxygen atoms in total. The first-order valence-corrected chi connectivity index (χ1v) is 6.59. The van der Waals surface area contributed by atoms with Gasteiger partial charge in [-0.15, -0.1) is 5.10 Å². The Morgan fingerprint density at radius 3 is 2.84 bits per heavy atom. The fourth-order valence-corrected chi connectivity index (χ4v) is 2.52. The lowest BCUT2D eigenvalue weighted by Gasteiger charge is -2.38. The normalized spacial score (nSPS) is 23.1. The summed E-state index contributed by atoms with van der Waals surface area (Å²) in [6, 6.07) is 1.99. The fourth-order valence-electron chi connectivity index (χ4n) is 2.36. The van der Waals surface area contributed by atoms with Gasteiger partial charge >= 0.3 is 0 Å². The summed E-state index contributed by atoms with van der Waals surface area (Å²) in [5.41, 5.74) is 11.8. The molecule has 0 saturated carbocycles. The van der Waals surface area contributed by atoms with E-state index in [1.165, 1.54) is 0 Å². The van der Waals surface area contributed by atoms with E-state index in [4.69, 9.17) is 23.7 Å². The Balaban J connectivity index is 2.33. The number of nitrogens with zero attached hydrogens (tertiary/aromatic N) is 3. The molecule has 1 aliphatic rings. The molecule has 1 amide bonds. The van der Waals surface area contributed by atoms with Gasteiger partial charge in [-0.2, -0.15) is 5.10 Å². The van der Waals surface area contributed by atoms with Crippen LogP contribution in [0.3, 0.4) is 0 Å². The fraction of sp³-hybridized carbons (Fsp3) is 0.500. The third-order valence-corrected chi connectivity index (χ3v) is 3.74. The summed E-state index contributed by atoms with van der Waals surface area (Å²) >= 11 is 5.03. The molecule has 4 N–H and O–H groups in total. The second-order valence-electron chi connectivity index (χ2n) is 4.81. The molecule has 2 heterocycles. The second-order valence-corrected chi connectivity index (χ2v) is 5.25. The number of rotatable bonds is 3. The van der Waals surface area contributed by atoms with Crippen molar-refractivity contribution in [2.45, 2.75) is 25.8 Å². The quantitative estimate of drug-likeness (QED) is 0.767. The van der Waals surface area contributed by atoms with Gasteiger partial charge in [-0.25, -0.2) is 0 Å². The molecule has 1 aromatic heterocycles. The van der Waals surface area contributed by atoms with Gasteiger partial charge in [0.15, 0.2) is 5.82 Å². The first-order valence-electron chi connectivity index (χ1n) is 6.18. The van der Waals surface area contributed by atoms with Crippen molar-refractivity contribution in [3.8, 4) is 0 Å². The summed E-state index contributed by atoms with van der Waals surface area (Å²) in [5, 5.41) is 8.01. The number of aromatic nitrogens is 2. The van der Waals surface area contributed by atoms with Gasteiger partial charge in [0.25, 0.3) is 0 Å². The minimum absolute atomic E-state index is 0.169. The van der Waals surface area contributed by atoms with Gasteiger partial charge < -0.3 is 16.4 Å². The van der Waals surface area contributed by atoms with Gasteiger partial charge in [0, 0.05) is 12.6 Å². The number of carbonyl (C=O) groups is 1. The Hall–Kier alpha value is -1.76. The Kier molecular flexibility index (Phi) is 3.94. The Bertz CT molecular complexity index is 507. The number of primary amides is 1. The minimum Gasteiger partial charge on any atom is -0.389 e. The van der Waals surface area contributed by atoms with Crippen LogP contribution < -0.4 is 16.4 Å². The van der Waals surface area contributed by atoms with Gasteiger partial charge in [-0.05, 0) is 25.8 Å². The number of nitrogens with two attached hydrogens (primary N) is 2. The molecule has 1 fully saturated rings. The van der Waals surface area contributed by atoms with E-state index in [-0.39, 0.29) is 22.9 Å². The number of carbonyl (C=O) groups excluding carboxylic acids is 1. The van der Waals surface area contributed by atoms with Crippen molar-refractivity contribution >= 4 is 28.9 Å². The molecule has 2 rings (SSSR count). The Morgan fingerprint density at radius 2 is 2.21 bits per heavy atom. The van der Waals surface area contributed by atoms with Crippen LogP contribution in [0.5, 0.6) is 0 Å². The molecule has 0 bridgehead atoms. The summed E-state index contributed by atoms with van der Waals surface area (Å²) in [7, 11) is 0. The SMILES string of the molecule is CC1CCC(C(N)=O)CN1c1nnccc1C(N)=S. The maximum absolute atomic E-state index is 11.4. The molecule has 7 heteroatoms. The van der Waals surface area contributed by atoms with Gasteiger partial charge in [0.2, 0.25) is 5.91 Å². The molecule has 0 spiro atoms. The summed E-state index contributed by atoms with van der Waals surface area (Å²) in [6.07, 6.45) is 3.23. The van der Waals surface area contributed by atoms with Gasteiger partial charge in [0.1, 0.15) is 4.99 Å². The van der Waals surface area contributed by atoms with Crippen LogP contribution in [0.25, 0.3) is 0 Å². The van der Waals surface area contributed by atoms with Crippen molar-refractivity contribution in [2.24, 2.45) is 17.4 Å². The molecule has 1 saturated heterocycles. The number of anilines is 1. The molecular formula is C12H17N5OS. The summed E-state index contributed by atoms with van der Waals surface area (Å²) in [6.45, 7) is 2.61. The van der Waals surface area contributed by atoms with E-state index in [0.29, 0.717) is 17.9 Å². The number of piperidine rings is 1. The van der Waals surface area contributed by atoms with Gasteiger partial charge in [-0.3, -0.25) is 4.79 Å². The minimum atomic E-state index is -0.280. The number of hydrogen-bond donors (Lipinski definition) is 2. The summed E-state index contributed by atoms with van der Waals surface area (Å²) in [4.78, 5) is 13.7. The third-order valence-electron chi connectivity index (χ3n) is 3.52. The van der Waals surface area contributed by atoms with Crippen molar-refractivity contribution < 1.29 is 4.79 Å². The molecule has 19 heavy (non-hydrogen) atoms. The maximum atomic E-state index is 11.4. The van der Waals surface area contributed by atoms with Crippen LogP contribution in [0.15, 0.2) is 12.3 Å². The van der Waals surface area contributed by atoms with E-state index >= 15 is 0 Å². The Morgan fingerprint density at radius 1 is 1.47 bits per heavy atom. The predicted octanol–water partition coefficient (Wildman–Crippen LogP) is 0.201. The third kappa shape index (κ3) is 2.81. The van der Waals surface area contributed by atoms with E-state index in [0.717, 1.165) is 12.8 Å². The van der Waals surface area contributed by atoms with Gasteiger partial charge in [0.05, 0.1) is 17.7 Å². The first-order chi connectivity index (χ1) is 9.00. The number of amides is 1. The highest BCUT2D eigenvalue weighted by molar-refractivity contribution is 7.80. The monoisotopic (exact) mass is 279 g/mol. The predicted molar refractivity (Wildman–Crippen MR) is 76.6 cm³/mol. The highest BCUT2D eigenvalue weighted by Gasteiger charge is 2.31. The van der Waals surface area contributed by atoms with Gasteiger partial charge in [-0.1, -0.05) is 12.2 Å².